The summed E-state index contributed by atoms with van der Waals surface area (Å²) in [6.07, 6.45) is 2.37. The highest BCUT2D eigenvalue weighted by Gasteiger charge is 2.22. The summed E-state index contributed by atoms with van der Waals surface area (Å²) in [5.74, 6) is 0.413. The molecule has 0 aliphatic carbocycles. The molecule has 1 aromatic rings. The van der Waals surface area contributed by atoms with Crippen LogP contribution < -0.4 is 4.90 Å². The van der Waals surface area contributed by atoms with E-state index in [1.54, 1.807) is 5.38 Å². The third-order valence-corrected chi connectivity index (χ3v) is 4.30. The summed E-state index contributed by atoms with van der Waals surface area (Å²) in [5, 5.41) is 2.70. The molecule has 1 fully saturated rings. The van der Waals surface area contributed by atoms with Gasteiger partial charge in [0.15, 0.2) is 10.8 Å². The van der Waals surface area contributed by atoms with Crippen molar-refractivity contribution in [3.63, 3.8) is 0 Å². The zero-order valence-corrected chi connectivity index (χ0v) is 12.6. The molecule has 19 heavy (non-hydrogen) atoms. The van der Waals surface area contributed by atoms with E-state index in [-0.39, 0.29) is 5.97 Å². The minimum Gasteiger partial charge on any atom is -0.464 e. The zero-order chi connectivity index (χ0) is 13.8. The van der Waals surface area contributed by atoms with E-state index in [9.17, 15) is 4.79 Å². The van der Waals surface area contributed by atoms with Crippen LogP contribution in [0.2, 0.25) is 0 Å². The number of hydrogen-bond acceptors (Lipinski definition) is 6. The van der Waals surface area contributed by atoms with E-state index < -0.39 is 0 Å². The summed E-state index contributed by atoms with van der Waals surface area (Å²) >= 11 is 1.52. The van der Waals surface area contributed by atoms with Crippen molar-refractivity contribution in [2.75, 3.05) is 45.7 Å². The smallest absolute Gasteiger partial charge is 0.357 e. The second-order valence-corrected chi connectivity index (χ2v) is 6.04. The fourth-order valence-corrected chi connectivity index (χ4v) is 3.28. The first kappa shape index (κ1) is 14.3. The molecule has 0 unspecified atom stereocenters. The van der Waals surface area contributed by atoms with Crippen LogP contribution in [-0.2, 0) is 4.74 Å². The Labute approximate surface area is 118 Å². The lowest BCUT2D eigenvalue weighted by Crippen LogP contribution is -2.37. The SMILES string of the molecule is COC(=O)c1csc(N2CCC(CN(C)C)CC2)n1. The van der Waals surface area contributed by atoms with Gasteiger partial charge in [0.05, 0.1) is 7.11 Å². The molecule has 2 rings (SSSR count). The van der Waals surface area contributed by atoms with Crippen LogP contribution in [0.15, 0.2) is 5.38 Å². The normalized spacial score (nSPS) is 16.9. The molecule has 1 aliphatic rings. The molecular weight excluding hydrogens is 262 g/mol. The van der Waals surface area contributed by atoms with Crippen molar-refractivity contribution in [3.05, 3.63) is 11.1 Å². The third-order valence-electron chi connectivity index (χ3n) is 3.39. The predicted molar refractivity (Wildman–Crippen MR) is 76.9 cm³/mol. The summed E-state index contributed by atoms with van der Waals surface area (Å²) in [5.41, 5.74) is 0.415. The van der Waals surface area contributed by atoms with E-state index >= 15 is 0 Å². The summed E-state index contributed by atoms with van der Waals surface area (Å²) < 4.78 is 4.68. The second-order valence-electron chi connectivity index (χ2n) is 5.20. The van der Waals surface area contributed by atoms with Gasteiger partial charge in [-0.2, -0.15) is 0 Å². The number of hydrogen-bond donors (Lipinski definition) is 0. The molecule has 1 aromatic heterocycles. The average molecular weight is 283 g/mol. The van der Waals surface area contributed by atoms with Gasteiger partial charge >= 0.3 is 5.97 Å². The Morgan fingerprint density at radius 2 is 2.21 bits per heavy atom. The molecule has 0 N–H and O–H groups in total. The number of thiazole rings is 1. The molecule has 0 spiro atoms. The Bertz CT molecular complexity index is 425. The highest BCUT2D eigenvalue weighted by atomic mass is 32.1. The van der Waals surface area contributed by atoms with E-state index in [0.29, 0.717) is 5.69 Å². The third kappa shape index (κ3) is 3.67. The summed E-state index contributed by atoms with van der Waals surface area (Å²) in [4.78, 5) is 20.2. The van der Waals surface area contributed by atoms with Crippen molar-refractivity contribution in [3.8, 4) is 0 Å². The van der Waals surface area contributed by atoms with Crippen molar-refractivity contribution in [2.24, 2.45) is 5.92 Å². The molecule has 1 aliphatic heterocycles. The van der Waals surface area contributed by atoms with Gasteiger partial charge < -0.3 is 14.5 Å². The van der Waals surface area contributed by atoms with Crippen LogP contribution in [0, 0.1) is 5.92 Å². The Morgan fingerprint density at radius 1 is 1.53 bits per heavy atom. The van der Waals surface area contributed by atoms with Crippen LogP contribution in [0.3, 0.4) is 0 Å². The molecule has 0 radical (unpaired) electrons. The van der Waals surface area contributed by atoms with Crippen molar-refractivity contribution >= 4 is 22.4 Å². The van der Waals surface area contributed by atoms with Crippen LogP contribution in [0.1, 0.15) is 23.3 Å². The molecule has 1 saturated heterocycles. The molecule has 0 saturated carbocycles. The largest absolute Gasteiger partial charge is 0.464 e. The van der Waals surface area contributed by atoms with Gasteiger partial charge in [0.1, 0.15) is 0 Å². The number of anilines is 1. The maximum absolute atomic E-state index is 11.4. The van der Waals surface area contributed by atoms with E-state index in [1.165, 1.54) is 31.3 Å². The van der Waals surface area contributed by atoms with Crippen LogP contribution in [-0.4, -0.2) is 56.7 Å². The molecule has 5 nitrogen and oxygen atoms in total. The minimum absolute atomic E-state index is 0.356. The average Bonchev–Trinajstić information content (AvgIpc) is 2.87. The minimum atomic E-state index is -0.356. The number of methoxy groups -OCH3 is 1. The van der Waals surface area contributed by atoms with Gasteiger partial charge in [-0.3, -0.25) is 0 Å². The van der Waals surface area contributed by atoms with E-state index in [2.05, 4.69) is 33.6 Å². The standard InChI is InChI=1S/C13H21N3O2S/c1-15(2)8-10-4-6-16(7-5-10)13-14-11(9-19-13)12(17)18-3/h9-10H,4-8H2,1-3H3. The van der Waals surface area contributed by atoms with Crippen LogP contribution >= 0.6 is 11.3 Å². The van der Waals surface area contributed by atoms with Crippen LogP contribution in [0.25, 0.3) is 0 Å². The van der Waals surface area contributed by atoms with Gasteiger partial charge in [0, 0.05) is 25.0 Å². The van der Waals surface area contributed by atoms with Gasteiger partial charge in [0.2, 0.25) is 0 Å². The Balaban J connectivity index is 1.91. The van der Waals surface area contributed by atoms with Gasteiger partial charge in [-0.05, 0) is 32.9 Å². The first-order chi connectivity index (χ1) is 9.10. The van der Waals surface area contributed by atoms with Crippen molar-refractivity contribution in [1.29, 1.82) is 0 Å². The Hall–Kier alpha value is -1.14. The van der Waals surface area contributed by atoms with E-state index in [4.69, 9.17) is 0 Å². The molecule has 0 amide bonds. The second kappa shape index (κ2) is 6.34. The molecule has 0 bridgehead atoms. The summed E-state index contributed by atoms with van der Waals surface area (Å²) in [7, 11) is 5.62. The van der Waals surface area contributed by atoms with Gasteiger partial charge in [-0.25, -0.2) is 9.78 Å². The summed E-state index contributed by atoms with van der Waals surface area (Å²) in [6, 6.07) is 0. The maximum atomic E-state index is 11.4. The summed E-state index contributed by atoms with van der Waals surface area (Å²) in [6.45, 7) is 3.19. The topological polar surface area (TPSA) is 45.7 Å². The van der Waals surface area contributed by atoms with Crippen LogP contribution in [0.4, 0.5) is 5.13 Å². The quantitative estimate of drug-likeness (QED) is 0.787. The predicted octanol–water partition coefficient (Wildman–Crippen LogP) is 1.71. The van der Waals surface area contributed by atoms with Gasteiger partial charge in [-0.15, -0.1) is 11.3 Å². The van der Waals surface area contributed by atoms with Gasteiger partial charge in [-0.1, -0.05) is 0 Å². The number of carbonyl (C=O) groups excluding carboxylic acids is 1. The molecule has 2 heterocycles. The fraction of sp³-hybridized carbons (Fsp3) is 0.692. The molecule has 0 atom stereocenters. The van der Waals surface area contributed by atoms with Gasteiger partial charge in [0.25, 0.3) is 0 Å². The highest BCUT2D eigenvalue weighted by Crippen LogP contribution is 2.26. The van der Waals surface area contributed by atoms with E-state index in [1.807, 2.05) is 0 Å². The molecule has 0 aromatic carbocycles. The van der Waals surface area contributed by atoms with Crippen molar-refractivity contribution in [2.45, 2.75) is 12.8 Å². The zero-order valence-electron chi connectivity index (χ0n) is 11.8. The van der Waals surface area contributed by atoms with E-state index in [0.717, 1.165) is 30.7 Å². The lowest BCUT2D eigenvalue weighted by Gasteiger charge is -2.32. The number of piperidine rings is 1. The van der Waals surface area contributed by atoms with Crippen LogP contribution in [0.5, 0.6) is 0 Å². The fourth-order valence-electron chi connectivity index (χ4n) is 2.43. The number of rotatable bonds is 4. The van der Waals surface area contributed by atoms with Crippen molar-refractivity contribution < 1.29 is 9.53 Å². The highest BCUT2D eigenvalue weighted by molar-refractivity contribution is 7.13. The monoisotopic (exact) mass is 283 g/mol. The number of ether oxygens (including phenoxy) is 1. The number of esters is 1. The molecule has 106 valence electrons. The molecule has 6 heteroatoms. The lowest BCUT2D eigenvalue weighted by atomic mass is 9.97. The number of nitrogens with zero attached hydrogens (tertiary/aromatic N) is 3. The number of aromatic nitrogens is 1. The molecular formula is C13H21N3O2S. The Morgan fingerprint density at radius 3 is 2.79 bits per heavy atom. The first-order valence-corrected chi connectivity index (χ1v) is 7.41. The van der Waals surface area contributed by atoms with Crippen molar-refractivity contribution in [1.82, 2.24) is 9.88 Å². The first-order valence-electron chi connectivity index (χ1n) is 6.53. The maximum Gasteiger partial charge on any atom is 0.357 e. The Kier molecular flexibility index (Phi) is 4.76. The lowest BCUT2D eigenvalue weighted by molar-refractivity contribution is 0.0595. The number of carbonyl (C=O) groups is 1.